The lowest BCUT2D eigenvalue weighted by Gasteiger charge is -2.26. The van der Waals surface area contributed by atoms with Crippen LogP contribution in [0.5, 0.6) is 0 Å². The van der Waals surface area contributed by atoms with Crippen molar-refractivity contribution in [3.8, 4) is 0 Å². The molecule has 2 aliphatic rings. The molecule has 130 valence electrons. The summed E-state index contributed by atoms with van der Waals surface area (Å²) in [6.45, 7) is 6.81. The van der Waals surface area contributed by atoms with E-state index in [1.807, 2.05) is 0 Å². The van der Waals surface area contributed by atoms with Gasteiger partial charge in [-0.15, -0.1) is 0 Å². The molecule has 0 fully saturated rings. The third kappa shape index (κ3) is 2.88. The number of benzene rings is 2. The van der Waals surface area contributed by atoms with Crippen molar-refractivity contribution in [2.45, 2.75) is 51.5 Å². The standard InChI is InChI=1S/C23H28N2/c1-23(2,3)18-14-12-17(13-15-18)22-20-11-7-9-16-8-5-6-10-19(16)21(20)24-25(22)4/h5-6,8,10,12-15,20,22H,7,9,11H2,1-4H3/t20-,22+/m1/s1. The zero-order chi connectivity index (χ0) is 17.6. The van der Waals surface area contributed by atoms with Crippen molar-refractivity contribution in [2.75, 3.05) is 7.05 Å². The first-order chi connectivity index (χ1) is 11.9. The van der Waals surface area contributed by atoms with E-state index in [1.165, 1.54) is 47.2 Å². The highest BCUT2D eigenvalue weighted by atomic mass is 15.5. The van der Waals surface area contributed by atoms with Gasteiger partial charge in [-0.3, -0.25) is 5.01 Å². The largest absolute Gasteiger partial charge is 0.292 e. The van der Waals surface area contributed by atoms with E-state index in [9.17, 15) is 0 Å². The van der Waals surface area contributed by atoms with Crippen LogP contribution < -0.4 is 0 Å². The summed E-state index contributed by atoms with van der Waals surface area (Å²) in [4.78, 5) is 0. The number of nitrogens with zero attached hydrogens (tertiary/aromatic N) is 2. The molecule has 2 aromatic rings. The first-order valence-corrected chi connectivity index (χ1v) is 9.45. The minimum absolute atomic E-state index is 0.197. The van der Waals surface area contributed by atoms with Gasteiger partial charge >= 0.3 is 0 Å². The molecule has 1 heterocycles. The van der Waals surface area contributed by atoms with Crippen molar-refractivity contribution in [3.63, 3.8) is 0 Å². The quantitative estimate of drug-likeness (QED) is 0.689. The monoisotopic (exact) mass is 332 g/mol. The molecule has 0 amide bonds. The average molecular weight is 332 g/mol. The average Bonchev–Trinajstić information content (AvgIpc) is 2.80. The molecular weight excluding hydrogens is 304 g/mol. The number of fused-ring (bicyclic) bond motifs is 3. The fourth-order valence-electron chi connectivity index (χ4n) is 4.39. The van der Waals surface area contributed by atoms with Crippen LogP contribution in [0.25, 0.3) is 0 Å². The van der Waals surface area contributed by atoms with Crippen molar-refractivity contribution in [2.24, 2.45) is 11.0 Å². The summed E-state index contributed by atoms with van der Waals surface area (Å²) in [6, 6.07) is 18.4. The lowest BCUT2D eigenvalue weighted by molar-refractivity contribution is 0.243. The van der Waals surface area contributed by atoms with E-state index in [1.54, 1.807) is 0 Å². The van der Waals surface area contributed by atoms with Crippen LogP contribution in [0.1, 0.15) is 61.9 Å². The molecule has 0 N–H and O–H groups in total. The van der Waals surface area contributed by atoms with Gasteiger partial charge in [0.1, 0.15) is 0 Å². The second kappa shape index (κ2) is 6.01. The van der Waals surface area contributed by atoms with E-state index in [4.69, 9.17) is 5.10 Å². The molecule has 0 aromatic heterocycles. The number of hydrazone groups is 1. The van der Waals surface area contributed by atoms with Crippen LogP contribution in [0.3, 0.4) is 0 Å². The minimum Gasteiger partial charge on any atom is -0.292 e. The maximum Gasteiger partial charge on any atom is 0.0801 e. The Bertz CT molecular complexity index is 796. The Morgan fingerprint density at radius 1 is 1.00 bits per heavy atom. The molecule has 2 heteroatoms. The van der Waals surface area contributed by atoms with E-state index >= 15 is 0 Å². The normalized spacial score (nSPS) is 22.9. The zero-order valence-electron chi connectivity index (χ0n) is 15.8. The van der Waals surface area contributed by atoms with Crippen LogP contribution in [0.15, 0.2) is 53.6 Å². The van der Waals surface area contributed by atoms with Gasteiger partial charge in [0.05, 0.1) is 11.8 Å². The summed E-state index contributed by atoms with van der Waals surface area (Å²) < 4.78 is 0. The van der Waals surface area contributed by atoms with Crippen LogP contribution in [-0.2, 0) is 11.8 Å². The predicted octanol–water partition coefficient (Wildman–Crippen LogP) is 5.33. The first-order valence-electron chi connectivity index (χ1n) is 9.45. The van der Waals surface area contributed by atoms with Crippen molar-refractivity contribution >= 4 is 5.71 Å². The number of rotatable bonds is 1. The Balaban J connectivity index is 1.70. The van der Waals surface area contributed by atoms with Gasteiger partial charge in [-0.05, 0) is 41.4 Å². The summed E-state index contributed by atoms with van der Waals surface area (Å²) in [7, 11) is 2.13. The Morgan fingerprint density at radius 3 is 2.44 bits per heavy atom. The van der Waals surface area contributed by atoms with Gasteiger partial charge in [-0.1, -0.05) is 69.3 Å². The van der Waals surface area contributed by atoms with Crippen molar-refractivity contribution in [1.29, 1.82) is 0 Å². The van der Waals surface area contributed by atoms with Gasteiger partial charge in [-0.25, -0.2) is 0 Å². The van der Waals surface area contributed by atoms with E-state index < -0.39 is 0 Å². The molecule has 1 aliphatic heterocycles. The smallest absolute Gasteiger partial charge is 0.0801 e. The Kier molecular flexibility index (Phi) is 3.94. The fraction of sp³-hybridized carbons (Fsp3) is 0.435. The molecule has 0 saturated carbocycles. The number of hydrogen-bond acceptors (Lipinski definition) is 2. The first kappa shape index (κ1) is 16.4. The van der Waals surface area contributed by atoms with E-state index in [-0.39, 0.29) is 5.41 Å². The van der Waals surface area contributed by atoms with Crippen molar-refractivity contribution in [3.05, 3.63) is 70.8 Å². The predicted molar refractivity (Wildman–Crippen MR) is 105 cm³/mol. The maximum absolute atomic E-state index is 4.99. The fourth-order valence-corrected chi connectivity index (χ4v) is 4.39. The van der Waals surface area contributed by atoms with Crippen molar-refractivity contribution < 1.29 is 0 Å². The molecule has 2 atom stereocenters. The summed E-state index contributed by atoms with van der Waals surface area (Å²) in [5.41, 5.74) is 7.10. The second-order valence-corrected chi connectivity index (χ2v) is 8.53. The van der Waals surface area contributed by atoms with Gasteiger partial charge in [0.2, 0.25) is 0 Å². The molecule has 2 aromatic carbocycles. The maximum atomic E-state index is 4.99. The summed E-state index contributed by atoms with van der Waals surface area (Å²) >= 11 is 0. The highest BCUT2D eigenvalue weighted by Crippen LogP contribution is 2.42. The minimum atomic E-state index is 0.197. The van der Waals surface area contributed by atoms with Crippen LogP contribution in [-0.4, -0.2) is 17.8 Å². The van der Waals surface area contributed by atoms with Gasteiger partial charge in [0.15, 0.2) is 0 Å². The van der Waals surface area contributed by atoms with E-state index in [0.29, 0.717) is 12.0 Å². The summed E-state index contributed by atoms with van der Waals surface area (Å²) in [5, 5.41) is 7.18. The van der Waals surface area contributed by atoms with E-state index in [2.05, 4.69) is 81.4 Å². The topological polar surface area (TPSA) is 15.6 Å². The van der Waals surface area contributed by atoms with Gasteiger partial charge < -0.3 is 0 Å². The molecule has 1 aliphatic carbocycles. The van der Waals surface area contributed by atoms with Crippen LogP contribution >= 0.6 is 0 Å². The van der Waals surface area contributed by atoms with E-state index in [0.717, 1.165) is 0 Å². The molecule has 0 bridgehead atoms. The molecule has 0 spiro atoms. The summed E-state index contributed by atoms with van der Waals surface area (Å²) in [6.07, 6.45) is 3.62. The molecule has 0 unspecified atom stereocenters. The number of aryl methyl sites for hydroxylation is 1. The molecule has 4 rings (SSSR count). The van der Waals surface area contributed by atoms with Gasteiger partial charge in [-0.2, -0.15) is 5.10 Å². The van der Waals surface area contributed by atoms with Crippen LogP contribution in [0, 0.1) is 5.92 Å². The zero-order valence-corrected chi connectivity index (χ0v) is 15.8. The molecule has 0 saturated heterocycles. The third-order valence-corrected chi connectivity index (χ3v) is 5.77. The lowest BCUT2D eigenvalue weighted by Crippen LogP contribution is -2.23. The third-order valence-electron chi connectivity index (χ3n) is 5.77. The highest BCUT2D eigenvalue weighted by Gasteiger charge is 2.38. The number of hydrogen-bond donors (Lipinski definition) is 0. The Morgan fingerprint density at radius 2 is 1.72 bits per heavy atom. The summed E-state index contributed by atoms with van der Waals surface area (Å²) in [5.74, 6) is 0.495. The Labute approximate surface area is 151 Å². The molecular formula is C23H28N2. The second-order valence-electron chi connectivity index (χ2n) is 8.53. The lowest BCUT2D eigenvalue weighted by atomic mass is 9.83. The van der Waals surface area contributed by atoms with Crippen LogP contribution in [0.2, 0.25) is 0 Å². The molecule has 0 radical (unpaired) electrons. The van der Waals surface area contributed by atoms with Gasteiger partial charge in [0.25, 0.3) is 0 Å². The Hall–Kier alpha value is -2.09. The van der Waals surface area contributed by atoms with Crippen molar-refractivity contribution in [1.82, 2.24) is 5.01 Å². The SMILES string of the molecule is CN1N=C2c3ccccc3CCC[C@H]2[C@@H]1c1ccc(C(C)(C)C)cc1. The highest BCUT2D eigenvalue weighted by molar-refractivity contribution is 6.05. The molecule has 25 heavy (non-hydrogen) atoms. The van der Waals surface area contributed by atoms with Gasteiger partial charge in [0, 0.05) is 18.5 Å². The molecule has 2 nitrogen and oxygen atoms in total. The van der Waals surface area contributed by atoms with Crippen LogP contribution in [0.4, 0.5) is 0 Å².